The van der Waals surface area contributed by atoms with Gasteiger partial charge in [0.2, 0.25) is 0 Å². The molecule has 0 amide bonds. The van der Waals surface area contributed by atoms with Gasteiger partial charge in [-0.25, -0.2) is 0 Å². The van der Waals surface area contributed by atoms with E-state index in [1.165, 1.54) is 33.4 Å². The van der Waals surface area contributed by atoms with Crippen molar-refractivity contribution in [2.24, 2.45) is 10.2 Å². The average Bonchev–Trinajstić information content (AvgIpc) is 3.80. The SMILES string of the molecule is c1ccc(C2=NN(c3ccc(-c4ccc(N5N=C(c6ccccc6)C[C@@H]5c5ccccc5)cc4)cc3)[C@@H](c3ccccc3)C2)cc1. The summed E-state index contributed by atoms with van der Waals surface area (Å²) in [4.78, 5) is 0. The van der Waals surface area contributed by atoms with Gasteiger partial charge in [0.05, 0.1) is 34.9 Å². The minimum Gasteiger partial charge on any atom is -0.257 e. The summed E-state index contributed by atoms with van der Waals surface area (Å²) < 4.78 is 0. The van der Waals surface area contributed by atoms with Gasteiger partial charge < -0.3 is 0 Å². The maximum absolute atomic E-state index is 5.14. The molecule has 2 atom stereocenters. The highest BCUT2D eigenvalue weighted by atomic mass is 15.5. The first-order chi connectivity index (χ1) is 22.8. The number of hydrazone groups is 2. The van der Waals surface area contributed by atoms with Gasteiger partial charge in [-0.15, -0.1) is 0 Å². The second-order valence-corrected chi connectivity index (χ2v) is 11.9. The number of anilines is 2. The normalized spacial score (nSPS) is 17.6. The molecule has 6 aromatic carbocycles. The average molecular weight is 595 g/mol. The monoisotopic (exact) mass is 594 g/mol. The van der Waals surface area contributed by atoms with Gasteiger partial charge in [0.15, 0.2) is 0 Å². The first-order valence-electron chi connectivity index (χ1n) is 15.9. The Labute approximate surface area is 270 Å². The van der Waals surface area contributed by atoms with Crippen molar-refractivity contribution in [3.8, 4) is 11.1 Å². The molecule has 2 aliphatic rings. The minimum absolute atomic E-state index is 0.154. The summed E-state index contributed by atoms with van der Waals surface area (Å²) in [5, 5.41) is 14.6. The van der Waals surface area contributed by atoms with Crippen molar-refractivity contribution >= 4 is 22.8 Å². The van der Waals surface area contributed by atoms with Gasteiger partial charge in [-0.3, -0.25) is 10.0 Å². The second kappa shape index (κ2) is 12.3. The fourth-order valence-corrected chi connectivity index (χ4v) is 6.59. The molecule has 0 spiro atoms. The first-order valence-corrected chi connectivity index (χ1v) is 15.9. The molecule has 2 aliphatic heterocycles. The van der Waals surface area contributed by atoms with Crippen LogP contribution in [0.3, 0.4) is 0 Å². The Hall–Kier alpha value is -5.74. The van der Waals surface area contributed by atoms with E-state index in [0.29, 0.717) is 0 Å². The van der Waals surface area contributed by atoms with Crippen molar-refractivity contribution < 1.29 is 0 Å². The van der Waals surface area contributed by atoms with Crippen LogP contribution in [-0.4, -0.2) is 11.4 Å². The first kappa shape index (κ1) is 27.8. The Morgan fingerprint density at radius 2 is 0.674 bits per heavy atom. The second-order valence-electron chi connectivity index (χ2n) is 11.9. The van der Waals surface area contributed by atoms with E-state index in [4.69, 9.17) is 10.2 Å². The summed E-state index contributed by atoms with van der Waals surface area (Å²) in [7, 11) is 0. The molecule has 0 saturated heterocycles. The molecule has 8 rings (SSSR count). The van der Waals surface area contributed by atoms with Crippen molar-refractivity contribution in [3.05, 3.63) is 192 Å². The molecule has 2 heterocycles. The number of hydrogen-bond donors (Lipinski definition) is 0. The predicted molar refractivity (Wildman–Crippen MR) is 190 cm³/mol. The molecule has 0 aromatic heterocycles. The largest absolute Gasteiger partial charge is 0.257 e. The lowest BCUT2D eigenvalue weighted by atomic mass is 9.98. The summed E-state index contributed by atoms with van der Waals surface area (Å²) in [5.41, 5.74) is 11.6. The highest BCUT2D eigenvalue weighted by Crippen LogP contribution is 2.39. The van der Waals surface area contributed by atoms with E-state index in [1.807, 2.05) is 0 Å². The molecular weight excluding hydrogens is 560 g/mol. The van der Waals surface area contributed by atoms with Crippen molar-refractivity contribution in [1.29, 1.82) is 0 Å². The van der Waals surface area contributed by atoms with E-state index >= 15 is 0 Å². The van der Waals surface area contributed by atoms with E-state index in [1.54, 1.807) is 0 Å². The van der Waals surface area contributed by atoms with Gasteiger partial charge in [0, 0.05) is 12.8 Å². The van der Waals surface area contributed by atoms with E-state index in [-0.39, 0.29) is 12.1 Å². The molecule has 0 unspecified atom stereocenters. The Morgan fingerprint density at radius 1 is 0.348 bits per heavy atom. The molecule has 0 radical (unpaired) electrons. The molecule has 0 aliphatic carbocycles. The molecule has 222 valence electrons. The third-order valence-corrected chi connectivity index (χ3v) is 9.00. The zero-order valence-electron chi connectivity index (χ0n) is 25.5. The van der Waals surface area contributed by atoms with Gasteiger partial charge in [-0.1, -0.05) is 146 Å². The van der Waals surface area contributed by atoms with Crippen LogP contribution in [0.1, 0.15) is 47.2 Å². The van der Waals surface area contributed by atoms with Crippen LogP contribution in [0.5, 0.6) is 0 Å². The smallest absolute Gasteiger partial charge is 0.0831 e. The van der Waals surface area contributed by atoms with E-state index in [9.17, 15) is 0 Å². The third kappa shape index (κ3) is 5.50. The molecule has 4 heteroatoms. The number of rotatable bonds is 7. The number of nitrogens with zero attached hydrogens (tertiary/aromatic N) is 4. The molecule has 46 heavy (non-hydrogen) atoms. The number of hydrogen-bond acceptors (Lipinski definition) is 4. The Morgan fingerprint density at radius 3 is 1.02 bits per heavy atom. The van der Waals surface area contributed by atoms with Crippen LogP contribution in [0.4, 0.5) is 11.4 Å². The van der Waals surface area contributed by atoms with E-state index in [2.05, 4.69) is 180 Å². The fourth-order valence-electron chi connectivity index (χ4n) is 6.59. The van der Waals surface area contributed by atoms with Gasteiger partial charge >= 0.3 is 0 Å². The Kier molecular flexibility index (Phi) is 7.45. The van der Waals surface area contributed by atoms with E-state index < -0.39 is 0 Å². The topological polar surface area (TPSA) is 31.2 Å². The highest BCUT2D eigenvalue weighted by Gasteiger charge is 2.31. The maximum atomic E-state index is 5.14. The molecule has 0 bridgehead atoms. The van der Waals surface area contributed by atoms with Crippen molar-refractivity contribution in [2.45, 2.75) is 24.9 Å². The van der Waals surface area contributed by atoms with Crippen LogP contribution in [0.15, 0.2) is 180 Å². The lowest BCUT2D eigenvalue weighted by Crippen LogP contribution is -2.18. The third-order valence-electron chi connectivity index (χ3n) is 9.00. The summed E-state index contributed by atoms with van der Waals surface area (Å²) in [6.45, 7) is 0. The maximum Gasteiger partial charge on any atom is 0.0831 e. The van der Waals surface area contributed by atoms with Gasteiger partial charge in [-0.05, 0) is 57.6 Å². The van der Waals surface area contributed by atoms with Crippen molar-refractivity contribution in [2.75, 3.05) is 10.0 Å². The summed E-state index contributed by atoms with van der Waals surface area (Å²) >= 11 is 0. The zero-order chi connectivity index (χ0) is 30.7. The predicted octanol–water partition coefficient (Wildman–Crippen LogP) is 10.1. The van der Waals surface area contributed by atoms with Gasteiger partial charge in [-0.2, -0.15) is 10.2 Å². The van der Waals surface area contributed by atoms with Crippen LogP contribution in [0.2, 0.25) is 0 Å². The molecular formula is C42H34N4. The Bertz CT molecular complexity index is 1820. The van der Waals surface area contributed by atoms with Gasteiger partial charge in [0.25, 0.3) is 0 Å². The standard InChI is InChI=1S/C42H34N4/c1-5-13-33(14-6-1)39-29-41(35-17-9-3-10-18-35)45(43-39)37-25-21-31(22-26-37)32-23-27-38(28-24-32)46-42(36-19-11-4-12-20-36)30-40(44-46)34-15-7-2-8-16-34/h1-28,41-42H,29-30H2/t41-,42-/m1/s1. The summed E-state index contributed by atoms with van der Waals surface area (Å²) in [5.74, 6) is 0. The quantitative estimate of drug-likeness (QED) is 0.184. The minimum atomic E-state index is 0.154. The van der Waals surface area contributed by atoms with Crippen LogP contribution in [-0.2, 0) is 0 Å². The highest BCUT2D eigenvalue weighted by molar-refractivity contribution is 6.04. The van der Waals surface area contributed by atoms with Gasteiger partial charge in [0.1, 0.15) is 0 Å². The molecule has 4 nitrogen and oxygen atoms in total. The molecule has 6 aromatic rings. The van der Waals surface area contributed by atoms with Crippen molar-refractivity contribution in [1.82, 2.24) is 0 Å². The number of benzene rings is 6. The van der Waals surface area contributed by atoms with Crippen LogP contribution in [0, 0.1) is 0 Å². The van der Waals surface area contributed by atoms with E-state index in [0.717, 1.165) is 35.6 Å². The summed E-state index contributed by atoms with van der Waals surface area (Å²) in [6, 6.07) is 60.3. The molecule has 0 fully saturated rings. The Balaban J connectivity index is 1.07. The van der Waals surface area contributed by atoms with Crippen LogP contribution in [0.25, 0.3) is 11.1 Å². The summed E-state index contributed by atoms with van der Waals surface area (Å²) in [6.07, 6.45) is 1.73. The van der Waals surface area contributed by atoms with Crippen LogP contribution >= 0.6 is 0 Å². The van der Waals surface area contributed by atoms with Crippen molar-refractivity contribution in [3.63, 3.8) is 0 Å². The lowest BCUT2D eigenvalue weighted by Gasteiger charge is -2.25. The lowest BCUT2D eigenvalue weighted by molar-refractivity contribution is 0.709. The molecule has 0 saturated carbocycles. The van der Waals surface area contributed by atoms with Crippen LogP contribution < -0.4 is 10.0 Å². The molecule has 0 N–H and O–H groups in total. The zero-order valence-corrected chi connectivity index (χ0v) is 25.5. The fraction of sp³-hybridized carbons (Fsp3) is 0.0952.